The Bertz CT molecular complexity index is 595. The molecule has 100 valence electrons. The molecule has 0 aliphatic heterocycles. The van der Waals surface area contributed by atoms with E-state index < -0.39 is 0 Å². The van der Waals surface area contributed by atoms with Gasteiger partial charge in [-0.25, -0.2) is 9.37 Å². The standard InChI is InChI=1S/C14H14FNO2S/c1-3-18-13(17)7-11-8-19-14(16-11)12-6-10(15)5-4-9(12)2/h4-6,8H,3,7H2,1-2H3. The lowest BCUT2D eigenvalue weighted by atomic mass is 10.1. The fourth-order valence-electron chi connectivity index (χ4n) is 1.70. The summed E-state index contributed by atoms with van der Waals surface area (Å²) in [7, 11) is 0. The van der Waals surface area contributed by atoms with E-state index >= 15 is 0 Å². The van der Waals surface area contributed by atoms with Crippen LogP contribution in [-0.4, -0.2) is 17.6 Å². The highest BCUT2D eigenvalue weighted by Gasteiger charge is 2.11. The Hall–Kier alpha value is -1.75. The van der Waals surface area contributed by atoms with Gasteiger partial charge < -0.3 is 4.74 Å². The highest BCUT2D eigenvalue weighted by atomic mass is 32.1. The quantitative estimate of drug-likeness (QED) is 0.806. The second-order valence-electron chi connectivity index (χ2n) is 4.09. The van der Waals surface area contributed by atoms with Crippen molar-refractivity contribution in [1.82, 2.24) is 4.98 Å². The third-order valence-electron chi connectivity index (χ3n) is 2.61. The summed E-state index contributed by atoms with van der Waals surface area (Å²) < 4.78 is 18.1. The van der Waals surface area contributed by atoms with E-state index in [-0.39, 0.29) is 18.2 Å². The SMILES string of the molecule is CCOC(=O)Cc1csc(-c2cc(F)ccc2C)n1. The van der Waals surface area contributed by atoms with Gasteiger partial charge in [-0.3, -0.25) is 4.79 Å². The highest BCUT2D eigenvalue weighted by molar-refractivity contribution is 7.13. The Balaban J connectivity index is 2.21. The third kappa shape index (κ3) is 3.38. The van der Waals surface area contributed by atoms with Gasteiger partial charge in [0, 0.05) is 10.9 Å². The molecule has 0 amide bonds. The van der Waals surface area contributed by atoms with Gasteiger partial charge in [-0.05, 0) is 31.5 Å². The van der Waals surface area contributed by atoms with E-state index in [1.165, 1.54) is 23.5 Å². The summed E-state index contributed by atoms with van der Waals surface area (Å²) in [4.78, 5) is 15.7. The predicted molar refractivity (Wildman–Crippen MR) is 72.6 cm³/mol. The Kier molecular flexibility index (Phi) is 4.27. The summed E-state index contributed by atoms with van der Waals surface area (Å²) in [5, 5.41) is 2.52. The molecule has 0 saturated carbocycles. The molecule has 0 saturated heterocycles. The van der Waals surface area contributed by atoms with Crippen molar-refractivity contribution < 1.29 is 13.9 Å². The molecule has 5 heteroatoms. The number of thiazole rings is 1. The van der Waals surface area contributed by atoms with E-state index in [2.05, 4.69) is 4.98 Å². The minimum Gasteiger partial charge on any atom is -0.466 e. The smallest absolute Gasteiger partial charge is 0.311 e. The first-order valence-corrected chi connectivity index (χ1v) is 6.84. The Labute approximate surface area is 115 Å². The highest BCUT2D eigenvalue weighted by Crippen LogP contribution is 2.27. The van der Waals surface area contributed by atoms with Gasteiger partial charge in [-0.1, -0.05) is 6.07 Å². The summed E-state index contributed by atoms with van der Waals surface area (Å²) in [5.41, 5.74) is 2.38. The van der Waals surface area contributed by atoms with Crippen LogP contribution >= 0.6 is 11.3 Å². The second kappa shape index (κ2) is 5.93. The number of ether oxygens (including phenoxy) is 1. The van der Waals surface area contributed by atoms with Crippen molar-refractivity contribution >= 4 is 17.3 Å². The van der Waals surface area contributed by atoms with Crippen LogP contribution in [0, 0.1) is 12.7 Å². The molecule has 0 N–H and O–H groups in total. The molecule has 0 aliphatic rings. The van der Waals surface area contributed by atoms with E-state index in [1.807, 2.05) is 6.92 Å². The molecule has 19 heavy (non-hydrogen) atoms. The average molecular weight is 279 g/mol. The lowest BCUT2D eigenvalue weighted by Gasteiger charge is -2.02. The minimum atomic E-state index is -0.296. The molecule has 1 heterocycles. The molecule has 1 aromatic carbocycles. The van der Waals surface area contributed by atoms with E-state index in [0.29, 0.717) is 12.3 Å². The number of aromatic nitrogens is 1. The van der Waals surface area contributed by atoms with Crippen LogP contribution in [0.2, 0.25) is 0 Å². The topological polar surface area (TPSA) is 39.2 Å². The van der Waals surface area contributed by atoms with Crippen LogP contribution in [0.4, 0.5) is 4.39 Å². The van der Waals surface area contributed by atoms with E-state index in [9.17, 15) is 9.18 Å². The number of aryl methyl sites for hydroxylation is 1. The minimum absolute atomic E-state index is 0.151. The molecular weight excluding hydrogens is 265 g/mol. The van der Waals surface area contributed by atoms with E-state index in [0.717, 1.165) is 16.1 Å². The van der Waals surface area contributed by atoms with Crippen molar-refractivity contribution in [2.75, 3.05) is 6.61 Å². The van der Waals surface area contributed by atoms with Crippen molar-refractivity contribution in [3.05, 3.63) is 40.7 Å². The maximum Gasteiger partial charge on any atom is 0.311 e. The molecule has 0 radical (unpaired) electrons. The maximum atomic E-state index is 13.3. The predicted octanol–water partition coefficient (Wildman–Crippen LogP) is 3.36. The Morgan fingerprint density at radius 2 is 2.26 bits per heavy atom. The van der Waals surface area contributed by atoms with Gasteiger partial charge in [0.1, 0.15) is 10.8 Å². The van der Waals surface area contributed by atoms with Gasteiger partial charge in [0.25, 0.3) is 0 Å². The van der Waals surface area contributed by atoms with Gasteiger partial charge in [0.05, 0.1) is 18.7 Å². The van der Waals surface area contributed by atoms with Crippen LogP contribution in [0.25, 0.3) is 10.6 Å². The number of nitrogens with zero attached hydrogens (tertiary/aromatic N) is 1. The van der Waals surface area contributed by atoms with Gasteiger partial charge in [0.2, 0.25) is 0 Å². The van der Waals surface area contributed by atoms with Gasteiger partial charge in [-0.15, -0.1) is 11.3 Å². The van der Waals surface area contributed by atoms with Crippen molar-refractivity contribution in [2.45, 2.75) is 20.3 Å². The molecule has 1 aromatic heterocycles. The number of rotatable bonds is 4. The molecule has 0 spiro atoms. The summed E-state index contributed by atoms with van der Waals surface area (Å²) in [6, 6.07) is 4.60. The summed E-state index contributed by atoms with van der Waals surface area (Å²) in [6.45, 7) is 4.03. The number of halogens is 1. The van der Waals surface area contributed by atoms with Crippen molar-refractivity contribution in [3.63, 3.8) is 0 Å². The first-order chi connectivity index (χ1) is 9.10. The fourth-order valence-corrected chi connectivity index (χ4v) is 2.60. The first kappa shape index (κ1) is 13.7. The molecule has 0 unspecified atom stereocenters. The van der Waals surface area contributed by atoms with Crippen LogP contribution in [0.15, 0.2) is 23.6 Å². The lowest BCUT2D eigenvalue weighted by Crippen LogP contribution is -2.07. The zero-order valence-corrected chi connectivity index (χ0v) is 11.6. The molecule has 3 nitrogen and oxygen atoms in total. The normalized spacial score (nSPS) is 10.5. The van der Waals surface area contributed by atoms with Crippen molar-refractivity contribution in [1.29, 1.82) is 0 Å². The maximum absolute atomic E-state index is 13.3. The number of benzene rings is 1. The largest absolute Gasteiger partial charge is 0.466 e. The van der Waals surface area contributed by atoms with Crippen LogP contribution in [0.1, 0.15) is 18.2 Å². The van der Waals surface area contributed by atoms with E-state index in [4.69, 9.17) is 4.74 Å². The molecule has 0 bridgehead atoms. The van der Waals surface area contributed by atoms with Crippen LogP contribution < -0.4 is 0 Å². The fraction of sp³-hybridized carbons (Fsp3) is 0.286. The first-order valence-electron chi connectivity index (χ1n) is 5.96. The molecule has 2 aromatic rings. The third-order valence-corrected chi connectivity index (χ3v) is 3.54. The monoisotopic (exact) mass is 279 g/mol. The Morgan fingerprint density at radius 3 is 3.00 bits per heavy atom. The summed E-state index contributed by atoms with van der Waals surface area (Å²) >= 11 is 1.40. The van der Waals surface area contributed by atoms with E-state index in [1.54, 1.807) is 18.4 Å². The van der Waals surface area contributed by atoms with Crippen LogP contribution in [0.3, 0.4) is 0 Å². The van der Waals surface area contributed by atoms with Gasteiger partial charge in [0.15, 0.2) is 0 Å². The van der Waals surface area contributed by atoms with Crippen molar-refractivity contribution in [2.24, 2.45) is 0 Å². The number of carbonyl (C=O) groups is 1. The second-order valence-corrected chi connectivity index (χ2v) is 4.94. The molecule has 0 atom stereocenters. The number of carbonyl (C=O) groups excluding carboxylic acids is 1. The zero-order valence-electron chi connectivity index (χ0n) is 10.8. The molecule has 0 fully saturated rings. The number of hydrogen-bond acceptors (Lipinski definition) is 4. The molecular formula is C14H14FNO2S. The van der Waals surface area contributed by atoms with Gasteiger partial charge in [-0.2, -0.15) is 0 Å². The Morgan fingerprint density at radius 1 is 1.47 bits per heavy atom. The van der Waals surface area contributed by atoms with Crippen LogP contribution in [0.5, 0.6) is 0 Å². The molecule has 2 rings (SSSR count). The average Bonchev–Trinajstić information content (AvgIpc) is 2.81. The lowest BCUT2D eigenvalue weighted by molar-refractivity contribution is -0.142. The number of esters is 1. The van der Waals surface area contributed by atoms with Gasteiger partial charge >= 0.3 is 5.97 Å². The van der Waals surface area contributed by atoms with Crippen molar-refractivity contribution in [3.8, 4) is 10.6 Å². The summed E-state index contributed by atoms with van der Waals surface area (Å²) in [5.74, 6) is -0.585. The van der Waals surface area contributed by atoms with Crippen LogP contribution in [-0.2, 0) is 16.0 Å². The molecule has 0 aliphatic carbocycles. The number of hydrogen-bond donors (Lipinski definition) is 0. The zero-order chi connectivity index (χ0) is 13.8. The summed E-state index contributed by atoms with van der Waals surface area (Å²) in [6.07, 6.45) is 0.151.